The molecule has 1 aliphatic heterocycles. The van der Waals surface area contributed by atoms with Crippen molar-refractivity contribution in [3.63, 3.8) is 0 Å². The summed E-state index contributed by atoms with van der Waals surface area (Å²) in [4.78, 5) is 35.6. The van der Waals surface area contributed by atoms with Crippen molar-refractivity contribution in [2.24, 2.45) is 0 Å². The monoisotopic (exact) mass is 801 g/mol. The van der Waals surface area contributed by atoms with E-state index in [0.29, 0.717) is 103 Å². The Hall–Kier alpha value is -2.29. The predicted octanol–water partition coefficient (Wildman–Crippen LogP) is 0.423. The van der Waals surface area contributed by atoms with E-state index in [0.717, 1.165) is 0 Å². The van der Waals surface area contributed by atoms with Crippen LogP contribution in [0.3, 0.4) is 0 Å². The van der Waals surface area contributed by atoms with Gasteiger partial charge in [-0.25, -0.2) is 0 Å². The number of hydrogen-bond acceptors (Lipinski definition) is 14. The van der Waals surface area contributed by atoms with Gasteiger partial charge in [-0.05, 0) is 56.5 Å². The number of aromatic nitrogens is 1. The van der Waals surface area contributed by atoms with Gasteiger partial charge in [0.1, 0.15) is 25.3 Å². The molecule has 0 saturated heterocycles. The fourth-order valence-corrected chi connectivity index (χ4v) is 5.42. The van der Waals surface area contributed by atoms with E-state index in [9.17, 15) is 19.8 Å². The molecule has 0 amide bonds. The largest absolute Gasteiger partial charge is 0.480 e. The summed E-state index contributed by atoms with van der Waals surface area (Å²) in [7, 11) is 5.14. The summed E-state index contributed by atoms with van der Waals surface area (Å²) in [6.07, 6.45) is 0.566. The van der Waals surface area contributed by atoms with Gasteiger partial charge in [0.25, 0.3) is 10.3 Å². The van der Waals surface area contributed by atoms with Gasteiger partial charge in [0, 0.05) is 83.6 Å². The minimum absolute atomic E-state index is 0. The predicted molar refractivity (Wildman–Crippen MR) is 193 cm³/mol. The van der Waals surface area contributed by atoms with Crippen molar-refractivity contribution in [1.82, 2.24) is 30.3 Å². The number of methoxy groups -OCH3 is 2. The second-order valence-corrected chi connectivity index (χ2v) is 12.2. The third kappa shape index (κ3) is 20.5. The summed E-state index contributed by atoms with van der Waals surface area (Å²) in [5, 5.41) is 26.8. The van der Waals surface area contributed by atoms with Gasteiger partial charge in [0.2, 0.25) is 0 Å². The summed E-state index contributed by atoms with van der Waals surface area (Å²) in [6, 6.07) is 3.97. The van der Waals surface area contributed by atoms with Gasteiger partial charge in [-0.15, -0.1) is 0 Å². The molecule has 2 atom stereocenters. The van der Waals surface area contributed by atoms with E-state index in [-0.39, 0.29) is 53.5 Å². The van der Waals surface area contributed by atoms with E-state index < -0.39 is 24.0 Å². The number of carboxylic acids is 2. The summed E-state index contributed by atoms with van der Waals surface area (Å²) in [6.45, 7) is 6.44. The van der Waals surface area contributed by atoms with Crippen LogP contribution in [0, 0.1) is 0 Å². The number of carbonyl (C=O) groups is 2. The van der Waals surface area contributed by atoms with Crippen LogP contribution in [0.15, 0.2) is 18.2 Å². The van der Waals surface area contributed by atoms with Crippen molar-refractivity contribution in [2.75, 3.05) is 113 Å². The summed E-state index contributed by atoms with van der Waals surface area (Å²) < 4.78 is 31.5. The van der Waals surface area contributed by atoms with Gasteiger partial charge >= 0.3 is 11.9 Å². The van der Waals surface area contributed by atoms with E-state index in [4.69, 9.17) is 57.8 Å². The second kappa shape index (κ2) is 28.2. The molecule has 16 nitrogen and oxygen atoms in total. The molecule has 2 rings (SSSR count). The number of ether oxygens (including phenoxy) is 6. The number of hydrogen-bond donors (Lipinski definition) is 4. The molecule has 0 saturated carbocycles. The van der Waals surface area contributed by atoms with Crippen LogP contribution in [0.4, 0.5) is 0 Å². The Labute approximate surface area is 322 Å². The molecule has 1 radical (unpaired) electrons. The van der Waals surface area contributed by atoms with Crippen LogP contribution in [0.5, 0.6) is 0 Å². The zero-order chi connectivity index (χ0) is 36.6. The van der Waals surface area contributed by atoms with Crippen molar-refractivity contribution in [1.29, 1.82) is 0 Å². The van der Waals surface area contributed by atoms with Gasteiger partial charge in [-0.1, -0.05) is 6.07 Å². The van der Waals surface area contributed by atoms with Crippen LogP contribution in [0.2, 0.25) is 0 Å². The van der Waals surface area contributed by atoms with E-state index >= 15 is 0 Å². The Morgan fingerprint density at radius 3 is 1.55 bits per heavy atom. The molecule has 1 aromatic heterocycles. The van der Waals surface area contributed by atoms with E-state index in [1.54, 1.807) is 14.2 Å². The number of thiocarbonyl (C=S) groups is 2. The van der Waals surface area contributed by atoms with E-state index in [1.807, 2.05) is 35.0 Å². The van der Waals surface area contributed by atoms with Gasteiger partial charge in [0.05, 0.1) is 51.0 Å². The summed E-state index contributed by atoms with van der Waals surface area (Å²) in [5.74, 6) is -1.89. The van der Waals surface area contributed by atoms with Crippen molar-refractivity contribution in [3.8, 4) is 0 Å². The van der Waals surface area contributed by atoms with Crippen LogP contribution in [-0.4, -0.2) is 178 Å². The van der Waals surface area contributed by atoms with Crippen molar-refractivity contribution in [2.45, 2.75) is 38.0 Å². The number of likely N-dealkylation sites (N-methyl/N-ethyl adjacent to an activating group) is 1. The molecule has 19 heteroatoms. The van der Waals surface area contributed by atoms with Gasteiger partial charge in [-0.3, -0.25) is 24.4 Å². The molecule has 291 valence electrons. The Kier molecular flexibility index (Phi) is 25.9. The number of aliphatic carboxylic acids is 2. The van der Waals surface area contributed by atoms with Gasteiger partial charge < -0.3 is 54.2 Å². The van der Waals surface area contributed by atoms with Crippen molar-refractivity contribution >= 4 is 46.7 Å². The Bertz CT molecular complexity index is 1080. The first-order chi connectivity index (χ1) is 24.1. The maximum Gasteiger partial charge on any atom is 0.320 e. The molecule has 2 heterocycles. The summed E-state index contributed by atoms with van der Waals surface area (Å²) >= 11 is 10.5. The molecular formula is C32H54MnN6O10S2. The quantitative estimate of drug-likeness (QED) is 0.0721. The molecule has 0 aromatic carbocycles. The molecule has 1 aromatic rings. The van der Waals surface area contributed by atoms with Gasteiger partial charge in [0.15, 0.2) is 0 Å². The first-order valence-electron chi connectivity index (χ1n) is 16.7. The first-order valence-corrected chi connectivity index (χ1v) is 17.5. The van der Waals surface area contributed by atoms with Crippen LogP contribution >= 0.6 is 24.4 Å². The Morgan fingerprint density at radius 2 is 1.16 bits per heavy atom. The average Bonchev–Trinajstić information content (AvgIpc) is 3.08. The number of pyridine rings is 1. The topological polar surface area (TPSA) is 177 Å². The fraction of sp³-hybridized carbons (Fsp3) is 0.719. The molecular weight excluding hydrogens is 747 g/mol. The fourth-order valence-electron chi connectivity index (χ4n) is 5.05. The Balaban J connectivity index is 0.0000130. The van der Waals surface area contributed by atoms with E-state index in [1.165, 1.54) is 0 Å². The average molecular weight is 802 g/mol. The number of nitrogens with one attached hydrogen (secondary N) is 2. The van der Waals surface area contributed by atoms with Crippen molar-refractivity contribution in [3.05, 3.63) is 29.6 Å². The minimum Gasteiger partial charge on any atom is -0.480 e. The maximum atomic E-state index is 12.5. The van der Waals surface area contributed by atoms with Crippen LogP contribution in [0.25, 0.3) is 0 Å². The molecule has 51 heavy (non-hydrogen) atoms. The zero-order valence-corrected chi connectivity index (χ0v) is 32.6. The molecule has 1 aliphatic rings. The molecule has 0 fully saturated rings. The smallest absolute Gasteiger partial charge is 0.320 e. The first kappa shape index (κ1) is 46.7. The number of rotatable bonds is 22. The Morgan fingerprint density at radius 1 is 0.745 bits per heavy atom. The van der Waals surface area contributed by atoms with Gasteiger partial charge in [-0.2, -0.15) is 0 Å². The zero-order valence-electron chi connectivity index (χ0n) is 29.8. The van der Waals surface area contributed by atoms with Crippen molar-refractivity contribution < 1.29 is 65.3 Å². The SMILES string of the molecule is COCCOCCOC(=S)NCCC(C(=O)O)N1CCN(C)CCN(C(CCNC(=S)OCCOCCOC)C(=O)O)Cc2cccc(n2)C1.[Mn]. The minimum atomic E-state index is -0.944. The number of fused-ring (bicyclic) bond motifs is 2. The third-order valence-electron chi connectivity index (χ3n) is 7.74. The molecule has 0 spiro atoms. The van der Waals surface area contributed by atoms with Crippen LogP contribution < -0.4 is 10.6 Å². The van der Waals surface area contributed by atoms with Crippen LogP contribution in [-0.2, 0) is 68.2 Å². The second-order valence-electron chi connectivity index (χ2n) is 11.5. The number of nitrogens with zero attached hydrogens (tertiary/aromatic N) is 4. The molecule has 0 aliphatic carbocycles. The van der Waals surface area contributed by atoms with E-state index in [2.05, 4.69) is 15.5 Å². The summed E-state index contributed by atoms with van der Waals surface area (Å²) in [5.41, 5.74) is 1.39. The normalized spacial score (nSPS) is 15.7. The molecule has 4 N–H and O–H groups in total. The maximum absolute atomic E-state index is 12.5. The van der Waals surface area contributed by atoms with Crippen LogP contribution in [0.1, 0.15) is 24.2 Å². The third-order valence-corrected chi connectivity index (χ3v) is 8.27. The number of carboxylic acid groups (broad SMARTS) is 2. The molecule has 2 bridgehead atoms. The molecule has 2 unspecified atom stereocenters. The standard InChI is InChI=1S/C32H54N6O10S2.Mn/c1-36-11-13-37(27(29(39)40)7-9-33-31(49)47-21-19-45-17-15-43-2)23-25-5-4-6-26(35-25)24-38(14-12-36)28(30(41)42)8-10-34-32(50)48-22-20-46-18-16-44-3;/h4-6,27-28H,7-24H2,1-3H3,(H,33,49)(H,34,50)(H,39,40)(H,41,42);.